The fourth-order valence-electron chi connectivity index (χ4n) is 2.87. The average molecular weight is 365 g/mol. The second kappa shape index (κ2) is 7.13. The van der Waals surface area contributed by atoms with E-state index >= 15 is 0 Å². The average Bonchev–Trinajstić information content (AvgIpc) is 3.38. The number of aromatic nitrogens is 4. The zero-order valence-electron chi connectivity index (χ0n) is 14.4. The standard InChI is InChI=1S/C19H19N5OS/c1-14-17(18(25)21-8-5-10-23-11-9-20-13-23)26-19-22-16(12-24(14)19)15-6-3-2-4-7-15/h2-4,6-7,9,11-13H,5,8,10H2,1H3,(H,21,25). The molecule has 3 aromatic heterocycles. The molecule has 0 aliphatic heterocycles. The van der Waals surface area contributed by atoms with Crippen LogP contribution in [0.4, 0.5) is 0 Å². The summed E-state index contributed by atoms with van der Waals surface area (Å²) in [5, 5.41) is 3.00. The molecule has 0 radical (unpaired) electrons. The highest BCUT2D eigenvalue weighted by Gasteiger charge is 2.17. The van der Waals surface area contributed by atoms with Gasteiger partial charge in [-0.15, -0.1) is 0 Å². The van der Waals surface area contributed by atoms with Gasteiger partial charge in [0.05, 0.1) is 12.0 Å². The molecule has 0 saturated heterocycles. The number of imidazole rings is 2. The van der Waals surface area contributed by atoms with Crippen molar-refractivity contribution in [3.05, 3.63) is 65.8 Å². The van der Waals surface area contributed by atoms with Crippen molar-refractivity contribution in [2.45, 2.75) is 19.9 Å². The van der Waals surface area contributed by atoms with Crippen molar-refractivity contribution < 1.29 is 4.79 Å². The monoisotopic (exact) mass is 365 g/mol. The lowest BCUT2D eigenvalue weighted by Crippen LogP contribution is -2.25. The van der Waals surface area contributed by atoms with Crippen LogP contribution in [0.25, 0.3) is 16.2 Å². The van der Waals surface area contributed by atoms with E-state index in [0.29, 0.717) is 6.54 Å². The highest BCUT2D eigenvalue weighted by atomic mass is 32.1. The first-order valence-electron chi connectivity index (χ1n) is 8.50. The first-order chi connectivity index (χ1) is 12.7. The van der Waals surface area contributed by atoms with Crippen LogP contribution < -0.4 is 5.32 Å². The zero-order chi connectivity index (χ0) is 17.9. The molecule has 0 atom stereocenters. The molecule has 1 aromatic carbocycles. The predicted octanol–water partition coefficient (Wildman–Crippen LogP) is 3.39. The minimum absolute atomic E-state index is 0.0371. The lowest BCUT2D eigenvalue weighted by molar-refractivity contribution is 0.0956. The number of thiazole rings is 1. The fraction of sp³-hybridized carbons (Fsp3) is 0.211. The Bertz CT molecular complexity index is 1020. The van der Waals surface area contributed by atoms with Crippen molar-refractivity contribution in [1.82, 2.24) is 24.3 Å². The topological polar surface area (TPSA) is 64.2 Å². The summed E-state index contributed by atoms with van der Waals surface area (Å²) in [5.74, 6) is -0.0371. The van der Waals surface area contributed by atoms with E-state index in [9.17, 15) is 4.79 Å². The molecule has 4 rings (SSSR count). The number of hydrogen-bond acceptors (Lipinski definition) is 4. The third kappa shape index (κ3) is 3.25. The first kappa shape index (κ1) is 16.5. The van der Waals surface area contributed by atoms with E-state index in [4.69, 9.17) is 0 Å². The molecule has 3 heterocycles. The Hall–Kier alpha value is -2.93. The van der Waals surface area contributed by atoms with Crippen LogP contribution in [0.15, 0.2) is 55.2 Å². The Morgan fingerprint density at radius 2 is 2.12 bits per heavy atom. The number of carbonyl (C=O) groups is 1. The molecule has 132 valence electrons. The van der Waals surface area contributed by atoms with E-state index in [1.807, 2.05) is 58.6 Å². The quantitative estimate of drug-likeness (QED) is 0.533. The van der Waals surface area contributed by atoms with Gasteiger partial charge in [0, 0.05) is 42.9 Å². The van der Waals surface area contributed by atoms with Gasteiger partial charge in [-0.1, -0.05) is 41.7 Å². The zero-order valence-corrected chi connectivity index (χ0v) is 15.2. The fourth-order valence-corrected chi connectivity index (χ4v) is 3.90. The summed E-state index contributed by atoms with van der Waals surface area (Å²) in [6.07, 6.45) is 8.32. The Morgan fingerprint density at radius 1 is 1.27 bits per heavy atom. The van der Waals surface area contributed by atoms with E-state index in [1.165, 1.54) is 11.3 Å². The smallest absolute Gasteiger partial charge is 0.263 e. The second-order valence-corrected chi connectivity index (χ2v) is 7.05. The van der Waals surface area contributed by atoms with Gasteiger partial charge in [0.15, 0.2) is 4.96 Å². The van der Waals surface area contributed by atoms with Crippen LogP contribution in [0.3, 0.4) is 0 Å². The van der Waals surface area contributed by atoms with Crippen LogP contribution in [-0.2, 0) is 6.54 Å². The maximum Gasteiger partial charge on any atom is 0.263 e. The lowest BCUT2D eigenvalue weighted by Gasteiger charge is -2.05. The number of nitrogens with zero attached hydrogens (tertiary/aromatic N) is 4. The summed E-state index contributed by atoms with van der Waals surface area (Å²) in [6, 6.07) is 10.1. The van der Waals surface area contributed by atoms with Gasteiger partial charge in [0.2, 0.25) is 0 Å². The minimum atomic E-state index is -0.0371. The van der Waals surface area contributed by atoms with Gasteiger partial charge in [-0.05, 0) is 13.3 Å². The molecule has 0 fully saturated rings. The molecular formula is C19H19N5OS. The summed E-state index contributed by atoms with van der Waals surface area (Å²) in [7, 11) is 0. The predicted molar refractivity (Wildman–Crippen MR) is 102 cm³/mol. The van der Waals surface area contributed by atoms with Crippen LogP contribution in [0, 0.1) is 6.92 Å². The summed E-state index contributed by atoms with van der Waals surface area (Å²) >= 11 is 1.43. The molecule has 26 heavy (non-hydrogen) atoms. The molecule has 1 N–H and O–H groups in total. The number of amides is 1. The van der Waals surface area contributed by atoms with Crippen molar-refractivity contribution in [2.75, 3.05) is 6.54 Å². The van der Waals surface area contributed by atoms with Crippen LogP contribution in [0.1, 0.15) is 21.8 Å². The van der Waals surface area contributed by atoms with Gasteiger partial charge >= 0.3 is 0 Å². The normalized spacial score (nSPS) is 11.1. The Labute approximate surface area is 155 Å². The molecule has 0 bridgehead atoms. The molecule has 0 aliphatic rings. The third-order valence-corrected chi connectivity index (χ3v) is 5.43. The van der Waals surface area contributed by atoms with Crippen molar-refractivity contribution >= 4 is 22.2 Å². The summed E-state index contributed by atoms with van der Waals surface area (Å²) in [6.45, 7) is 3.43. The molecule has 1 amide bonds. The SMILES string of the molecule is Cc1c(C(=O)NCCCn2ccnc2)sc2nc(-c3ccccc3)cn12. The maximum absolute atomic E-state index is 12.5. The molecule has 0 spiro atoms. The third-order valence-electron chi connectivity index (χ3n) is 4.27. The van der Waals surface area contributed by atoms with Crippen LogP contribution in [-0.4, -0.2) is 31.4 Å². The van der Waals surface area contributed by atoms with E-state index < -0.39 is 0 Å². The summed E-state index contributed by atoms with van der Waals surface area (Å²) < 4.78 is 4.00. The van der Waals surface area contributed by atoms with Gasteiger partial charge < -0.3 is 9.88 Å². The van der Waals surface area contributed by atoms with Gasteiger partial charge in [-0.3, -0.25) is 9.20 Å². The number of benzene rings is 1. The van der Waals surface area contributed by atoms with Gasteiger partial charge in [-0.2, -0.15) is 0 Å². The number of aryl methyl sites for hydroxylation is 2. The van der Waals surface area contributed by atoms with Crippen LogP contribution in [0.5, 0.6) is 0 Å². The second-order valence-electron chi connectivity index (χ2n) is 6.07. The van der Waals surface area contributed by atoms with Crippen molar-refractivity contribution in [2.24, 2.45) is 0 Å². The Kier molecular flexibility index (Phi) is 4.53. The van der Waals surface area contributed by atoms with Crippen molar-refractivity contribution in [3.8, 4) is 11.3 Å². The lowest BCUT2D eigenvalue weighted by atomic mass is 10.2. The number of carbonyl (C=O) groups excluding carboxylic acids is 1. The van der Waals surface area contributed by atoms with Crippen LogP contribution in [0.2, 0.25) is 0 Å². The van der Waals surface area contributed by atoms with Crippen molar-refractivity contribution in [3.63, 3.8) is 0 Å². The molecular weight excluding hydrogens is 346 g/mol. The van der Waals surface area contributed by atoms with E-state index in [2.05, 4.69) is 15.3 Å². The highest BCUT2D eigenvalue weighted by molar-refractivity contribution is 7.19. The first-order valence-corrected chi connectivity index (χ1v) is 9.32. The van der Waals surface area contributed by atoms with Crippen molar-refractivity contribution in [1.29, 1.82) is 0 Å². The molecule has 0 saturated carbocycles. The maximum atomic E-state index is 12.5. The molecule has 0 unspecified atom stereocenters. The molecule has 6 nitrogen and oxygen atoms in total. The van der Waals surface area contributed by atoms with E-state index in [-0.39, 0.29) is 5.91 Å². The van der Waals surface area contributed by atoms with Crippen LogP contribution >= 0.6 is 11.3 Å². The van der Waals surface area contributed by atoms with E-state index in [1.54, 1.807) is 12.5 Å². The Morgan fingerprint density at radius 3 is 2.85 bits per heavy atom. The molecule has 0 aliphatic carbocycles. The van der Waals surface area contributed by atoms with Gasteiger partial charge in [0.25, 0.3) is 5.91 Å². The Balaban J connectivity index is 1.44. The summed E-state index contributed by atoms with van der Waals surface area (Å²) in [5.41, 5.74) is 2.92. The minimum Gasteiger partial charge on any atom is -0.351 e. The number of fused-ring (bicyclic) bond motifs is 1. The van der Waals surface area contributed by atoms with Gasteiger partial charge in [0.1, 0.15) is 4.88 Å². The highest BCUT2D eigenvalue weighted by Crippen LogP contribution is 2.26. The molecule has 4 aromatic rings. The number of nitrogens with one attached hydrogen (secondary N) is 1. The van der Waals surface area contributed by atoms with E-state index in [0.717, 1.165) is 39.8 Å². The molecule has 7 heteroatoms. The summed E-state index contributed by atoms with van der Waals surface area (Å²) in [4.78, 5) is 22.7. The van der Waals surface area contributed by atoms with Gasteiger partial charge in [-0.25, -0.2) is 9.97 Å². The largest absolute Gasteiger partial charge is 0.351 e. The number of rotatable bonds is 6. The number of hydrogen-bond donors (Lipinski definition) is 1.